The third-order valence-electron chi connectivity index (χ3n) is 2.64. The van der Waals surface area contributed by atoms with E-state index in [1.54, 1.807) is 25.1 Å². The van der Waals surface area contributed by atoms with Gasteiger partial charge in [0, 0.05) is 10.5 Å². The highest BCUT2D eigenvalue weighted by molar-refractivity contribution is 9.10. The van der Waals surface area contributed by atoms with Crippen LogP contribution < -0.4 is 5.73 Å². The van der Waals surface area contributed by atoms with Crippen LogP contribution in [0.5, 0.6) is 0 Å². The van der Waals surface area contributed by atoms with Gasteiger partial charge in [0.25, 0.3) is 0 Å². The van der Waals surface area contributed by atoms with Crippen LogP contribution in [0.1, 0.15) is 18.5 Å². The summed E-state index contributed by atoms with van der Waals surface area (Å²) in [6, 6.07) is 4.89. The first-order valence-electron chi connectivity index (χ1n) is 4.24. The molecule has 76 valence electrons. The van der Waals surface area contributed by atoms with Crippen molar-refractivity contribution in [2.45, 2.75) is 23.1 Å². The van der Waals surface area contributed by atoms with Gasteiger partial charge < -0.3 is 5.73 Å². The molecular formula is C9H10BrNO2S. The van der Waals surface area contributed by atoms with Crippen molar-refractivity contribution >= 4 is 25.8 Å². The zero-order valence-electron chi connectivity index (χ0n) is 7.57. The van der Waals surface area contributed by atoms with Gasteiger partial charge in [0.2, 0.25) is 0 Å². The van der Waals surface area contributed by atoms with Gasteiger partial charge in [0.15, 0.2) is 9.84 Å². The normalized spacial score (nSPS) is 28.8. The molecule has 2 unspecified atom stereocenters. The van der Waals surface area contributed by atoms with Crippen LogP contribution in [-0.4, -0.2) is 13.7 Å². The quantitative estimate of drug-likeness (QED) is 0.783. The molecule has 0 aliphatic carbocycles. The Kier molecular flexibility index (Phi) is 2.21. The molecule has 1 aromatic carbocycles. The number of rotatable bonds is 0. The average molecular weight is 276 g/mol. The lowest BCUT2D eigenvalue weighted by Gasteiger charge is -2.07. The van der Waals surface area contributed by atoms with Gasteiger partial charge in [0.1, 0.15) is 0 Å². The van der Waals surface area contributed by atoms with E-state index in [1.807, 2.05) is 0 Å². The molecule has 14 heavy (non-hydrogen) atoms. The van der Waals surface area contributed by atoms with Crippen LogP contribution in [0.4, 0.5) is 0 Å². The maximum Gasteiger partial charge on any atom is 0.184 e. The molecule has 0 fully saturated rings. The summed E-state index contributed by atoms with van der Waals surface area (Å²) in [4.78, 5) is 0.361. The fraction of sp³-hybridized carbons (Fsp3) is 0.333. The van der Waals surface area contributed by atoms with Crippen LogP contribution in [-0.2, 0) is 9.84 Å². The molecule has 0 amide bonds. The molecule has 3 nitrogen and oxygen atoms in total. The zero-order chi connectivity index (χ0) is 10.5. The molecule has 5 heteroatoms. The van der Waals surface area contributed by atoms with E-state index in [0.717, 1.165) is 0 Å². The predicted molar refractivity (Wildman–Crippen MR) is 57.7 cm³/mol. The van der Waals surface area contributed by atoms with Gasteiger partial charge in [-0.2, -0.15) is 0 Å². The lowest BCUT2D eigenvalue weighted by atomic mass is 10.1. The summed E-state index contributed by atoms with van der Waals surface area (Å²) in [7, 11) is -3.24. The predicted octanol–water partition coefficient (Wildman–Crippen LogP) is 1.62. The minimum Gasteiger partial charge on any atom is -0.323 e. The van der Waals surface area contributed by atoms with Gasteiger partial charge >= 0.3 is 0 Å². The number of nitrogens with two attached hydrogens (primary N) is 1. The molecule has 1 aromatic rings. The highest BCUT2D eigenvalue weighted by Crippen LogP contribution is 2.41. The van der Waals surface area contributed by atoms with Crippen molar-refractivity contribution in [1.82, 2.24) is 0 Å². The summed E-state index contributed by atoms with van der Waals surface area (Å²) in [6.45, 7) is 1.65. The largest absolute Gasteiger partial charge is 0.323 e. The van der Waals surface area contributed by atoms with E-state index < -0.39 is 21.1 Å². The third kappa shape index (κ3) is 1.16. The van der Waals surface area contributed by atoms with Gasteiger partial charge in [-0.05, 0) is 34.5 Å². The monoisotopic (exact) mass is 275 g/mol. The van der Waals surface area contributed by atoms with Crippen molar-refractivity contribution in [1.29, 1.82) is 0 Å². The molecule has 2 N–H and O–H groups in total. The van der Waals surface area contributed by atoms with Crippen molar-refractivity contribution in [2.24, 2.45) is 5.73 Å². The van der Waals surface area contributed by atoms with E-state index in [2.05, 4.69) is 15.9 Å². The molecule has 0 bridgehead atoms. The standard InChI is InChI=1S/C9H10BrNO2S/c1-5-8(11)6-3-2-4-7(10)9(6)14(5,12)13/h2-5,8H,11H2,1H3. The Bertz CT molecular complexity index is 484. The second-order valence-corrected chi connectivity index (χ2v) is 6.53. The first-order valence-corrected chi connectivity index (χ1v) is 6.58. The van der Waals surface area contributed by atoms with E-state index in [1.165, 1.54) is 0 Å². The molecule has 0 radical (unpaired) electrons. The SMILES string of the molecule is CC1C(N)c2cccc(Br)c2S1(=O)=O. The molecule has 0 aromatic heterocycles. The van der Waals surface area contributed by atoms with Crippen LogP contribution in [0.15, 0.2) is 27.6 Å². The molecule has 0 saturated heterocycles. The van der Waals surface area contributed by atoms with Crippen LogP contribution in [0, 0.1) is 0 Å². The number of fused-ring (bicyclic) bond motifs is 1. The molecule has 0 saturated carbocycles. The van der Waals surface area contributed by atoms with E-state index in [0.29, 0.717) is 14.9 Å². The molecule has 1 aliphatic rings. The van der Waals surface area contributed by atoms with Crippen LogP contribution in [0.2, 0.25) is 0 Å². The maximum atomic E-state index is 11.9. The van der Waals surface area contributed by atoms with Crippen molar-refractivity contribution in [3.05, 3.63) is 28.2 Å². The maximum absolute atomic E-state index is 11.9. The number of benzene rings is 1. The third-order valence-corrected chi connectivity index (χ3v) is 5.86. The molecular weight excluding hydrogens is 266 g/mol. The highest BCUT2D eigenvalue weighted by atomic mass is 79.9. The minimum atomic E-state index is -3.24. The van der Waals surface area contributed by atoms with Gasteiger partial charge in [-0.3, -0.25) is 0 Å². The summed E-state index contributed by atoms with van der Waals surface area (Å²) in [5.41, 5.74) is 6.55. The van der Waals surface area contributed by atoms with E-state index in [9.17, 15) is 8.42 Å². The van der Waals surface area contributed by atoms with Crippen LogP contribution >= 0.6 is 15.9 Å². The first-order chi connectivity index (χ1) is 6.46. The van der Waals surface area contributed by atoms with Crippen LogP contribution in [0.3, 0.4) is 0 Å². The molecule has 1 heterocycles. The molecule has 2 rings (SSSR count). The second-order valence-electron chi connectivity index (χ2n) is 3.43. The van der Waals surface area contributed by atoms with Gasteiger partial charge in [-0.25, -0.2) is 8.42 Å². The summed E-state index contributed by atoms with van der Waals surface area (Å²) in [6.07, 6.45) is 0. The Labute approximate surface area is 91.4 Å². The lowest BCUT2D eigenvalue weighted by Crippen LogP contribution is -2.23. The van der Waals surface area contributed by atoms with Crippen molar-refractivity contribution in [2.75, 3.05) is 0 Å². The Hall–Kier alpha value is -0.390. The van der Waals surface area contributed by atoms with E-state index >= 15 is 0 Å². The topological polar surface area (TPSA) is 60.2 Å². The Morgan fingerprint density at radius 3 is 2.64 bits per heavy atom. The summed E-state index contributed by atoms with van der Waals surface area (Å²) >= 11 is 3.24. The minimum absolute atomic E-state index is 0.361. The molecule has 0 spiro atoms. The molecule has 2 atom stereocenters. The Morgan fingerprint density at radius 1 is 1.43 bits per heavy atom. The summed E-state index contributed by atoms with van der Waals surface area (Å²) in [5, 5.41) is -0.531. The van der Waals surface area contributed by atoms with Crippen molar-refractivity contribution in [3.63, 3.8) is 0 Å². The van der Waals surface area contributed by atoms with Gasteiger partial charge in [-0.15, -0.1) is 0 Å². The van der Waals surface area contributed by atoms with E-state index in [-0.39, 0.29) is 0 Å². The average Bonchev–Trinajstić information content (AvgIpc) is 2.29. The fourth-order valence-corrected chi connectivity index (χ4v) is 4.56. The van der Waals surface area contributed by atoms with E-state index in [4.69, 9.17) is 5.73 Å². The molecule has 1 aliphatic heterocycles. The lowest BCUT2D eigenvalue weighted by molar-refractivity contribution is 0.581. The first kappa shape index (κ1) is 10.1. The number of hydrogen-bond donors (Lipinski definition) is 1. The zero-order valence-corrected chi connectivity index (χ0v) is 9.97. The second kappa shape index (κ2) is 3.05. The Balaban J connectivity index is 2.82. The number of sulfone groups is 1. The van der Waals surface area contributed by atoms with Crippen molar-refractivity contribution in [3.8, 4) is 0 Å². The fourth-order valence-electron chi connectivity index (χ4n) is 1.72. The van der Waals surface area contributed by atoms with Crippen LogP contribution in [0.25, 0.3) is 0 Å². The van der Waals surface area contributed by atoms with Gasteiger partial charge in [0.05, 0.1) is 10.1 Å². The summed E-state index contributed by atoms with van der Waals surface area (Å²) < 4.78 is 24.4. The van der Waals surface area contributed by atoms with Crippen molar-refractivity contribution < 1.29 is 8.42 Å². The smallest absolute Gasteiger partial charge is 0.184 e. The Morgan fingerprint density at radius 2 is 2.07 bits per heavy atom. The number of hydrogen-bond acceptors (Lipinski definition) is 3. The highest BCUT2D eigenvalue weighted by Gasteiger charge is 2.41. The number of halogens is 1. The summed E-state index contributed by atoms with van der Waals surface area (Å²) in [5.74, 6) is 0. The van der Waals surface area contributed by atoms with Gasteiger partial charge in [-0.1, -0.05) is 12.1 Å².